The van der Waals surface area contributed by atoms with E-state index in [4.69, 9.17) is 5.73 Å². The summed E-state index contributed by atoms with van der Waals surface area (Å²) in [6.07, 6.45) is 4.22. The number of rotatable bonds is 4. The summed E-state index contributed by atoms with van der Waals surface area (Å²) in [5.41, 5.74) is 7.03. The Morgan fingerprint density at radius 1 is 1.38 bits per heavy atom. The maximum Gasteiger partial charge on any atom is 0.241 e. The van der Waals surface area contributed by atoms with Gasteiger partial charge >= 0.3 is 0 Å². The second kappa shape index (κ2) is 6.13. The number of nitrogens with one attached hydrogen (secondary N) is 1. The minimum atomic E-state index is -3.62. The van der Waals surface area contributed by atoms with Crippen molar-refractivity contribution in [2.75, 3.05) is 11.4 Å². The lowest BCUT2D eigenvalue weighted by atomic mass is 10.0. The van der Waals surface area contributed by atoms with Gasteiger partial charge in [0.15, 0.2) is 0 Å². The highest BCUT2D eigenvalue weighted by Gasteiger charge is 2.37. The van der Waals surface area contributed by atoms with Crippen LogP contribution in [-0.2, 0) is 21.2 Å². The normalized spacial score (nSPS) is 22.6. The van der Waals surface area contributed by atoms with E-state index in [2.05, 4.69) is 4.72 Å². The molecule has 3 rings (SSSR count). The first kappa shape index (κ1) is 17.4. The van der Waals surface area contributed by atoms with E-state index in [1.807, 2.05) is 6.92 Å². The Hall–Kier alpha value is -1.44. The van der Waals surface area contributed by atoms with Gasteiger partial charge in [-0.25, -0.2) is 13.1 Å². The lowest BCUT2D eigenvalue weighted by Crippen LogP contribution is -2.51. The van der Waals surface area contributed by atoms with Gasteiger partial charge in [-0.15, -0.1) is 0 Å². The van der Waals surface area contributed by atoms with Gasteiger partial charge in [0.1, 0.15) is 0 Å². The molecule has 0 radical (unpaired) electrons. The van der Waals surface area contributed by atoms with Gasteiger partial charge in [-0.3, -0.25) is 4.79 Å². The molecule has 1 aliphatic heterocycles. The van der Waals surface area contributed by atoms with Gasteiger partial charge in [0, 0.05) is 30.7 Å². The SMILES string of the molecule is CC(=O)N1c2ccc(S(=O)(=O)NC3(CN)CCCC3)cc2CC1C. The van der Waals surface area contributed by atoms with Crippen LogP contribution < -0.4 is 15.4 Å². The van der Waals surface area contributed by atoms with Crippen LogP contribution in [0.1, 0.15) is 45.1 Å². The number of nitrogens with two attached hydrogens (primary N) is 1. The molecule has 1 aromatic carbocycles. The van der Waals surface area contributed by atoms with Crippen LogP contribution in [0.5, 0.6) is 0 Å². The lowest BCUT2D eigenvalue weighted by Gasteiger charge is -2.28. The molecule has 1 atom stereocenters. The fourth-order valence-electron chi connectivity index (χ4n) is 4.00. The molecular formula is C17H25N3O3S. The van der Waals surface area contributed by atoms with E-state index in [1.165, 1.54) is 6.92 Å². The largest absolute Gasteiger partial charge is 0.329 e. The predicted molar refractivity (Wildman–Crippen MR) is 93.3 cm³/mol. The van der Waals surface area contributed by atoms with E-state index in [1.54, 1.807) is 23.1 Å². The van der Waals surface area contributed by atoms with E-state index in [-0.39, 0.29) is 16.8 Å². The molecule has 0 saturated heterocycles. The van der Waals surface area contributed by atoms with Crippen molar-refractivity contribution in [2.45, 2.75) is 62.4 Å². The van der Waals surface area contributed by atoms with E-state index < -0.39 is 15.6 Å². The molecule has 7 heteroatoms. The number of amides is 1. The molecule has 0 bridgehead atoms. The number of anilines is 1. The standard InChI is InChI=1S/C17H25N3O3S/c1-12-9-14-10-15(5-6-16(14)20(12)13(2)21)24(22,23)19-17(11-18)7-3-4-8-17/h5-6,10,12,19H,3-4,7-9,11,18H2,1-2H3. The van der Waals surface area contributed by atoms with Crippen LogP contribution in [0.25, 0.3) is 0 Å². The fourth-order valence-corrected chi connectivity index (χ4v) is 5.52. The smallest absolute Gasteiger partial charge is 0.241 e. The molecule has 3 N–H and O–H groups in total. The second-order valence-corrected chi connectivity index (χ2v) is 8.71. The van der Waals surface area contributed by atoms with E-state index in [9.17, 15) is 13.2 Å². The molecule has 0 spiro atoms. The fraction of sp³-hybridized carbons (Fsp3) is 0.588. The molecule has 1 fully saturated rings. The van der Waals surface area contributed by atoms with Gasteiger partial charge in [0.2, 0.25) is 15.9 Å². The van der Waals surface area contributed by atoms with Gasteiger partial charge in [-0.1, -0.05) is 12.8 Å². The predicted octanol–water partition coefficient (Wildman–Crippen LogP) is 1.53. The molecule has 24 heavy (non-hydrogen) atoms. The number of carbonyl (C=O) groups is 1. The Labute approximate surface area is 143 Å². The number of nitrogens with zero attached hydrogens (tertiary/aromatic N) is 1. The van der Waals surface area contributed by atoms with E-state index in [0.717, 1.165) is 36.9 Å². The van der Waals surface area contributed by atoms with Gasteiger partial charge in [0.25, 0.3) is 0 Å². The Balaban J connectivity index is 1.91. The molecule has 2 aliphatic rings. The summed E-state index contributed by atoms with van der Waals surface area (Å²) >= 11 is 0. The summed E-state index contributed by atoms with van der Waals surface area (Å²) < 4.78 is 28.4. The highest BCUT2D eigenvalue weighted by molar-refractivity contribution is 7.89. The monoisotopic (exact) mass is 351 g/mol. The summed E-state index contributed by atoms with van der Waals surface area (Å²) in [7, 11) is -3.62. The van der Waals surface area contributed by atoms with Crippen LogP contribution >= 0.6 is 0 Å². The highest BCUT2D eigenvalue weighted by Crippen LogP contribution is 2.35. The molecular weight excluding hydrogens is 326 g/mol. The number of hydrogen-bond acceptors (Lipinski definition) is 4. The number of fused-ring (bicyclic) bond motifs is 1. The molecule has 1 aromatic rings. The average Bonchev–Trinajstić information content (AvgIpc) is 3.09. The van der Waals surface area contributed by atoms with Crippen LogP contribution in [0.4, 0.5) is 5.69 Å². The van der Waals surface area contributed by atoms with Crippen LogP contribution in [0.3, 0.4) is 0 Å². The lowest BCUT2D eigenvalue weighted by molar-refractivity contribution is -0.116. The van der Waals surface area contributed by atoms with Crippen LogP contribution in [0.15, 0.2) is 23.1 Å². The first-order valence-corrected chi connectivity index (χ1v) is 9.93. The number of carbonyl (C=O) groups excluding carboxylic acids is 1. The van der Waals surface area contributed by atoms with E-state index >= 15 is 0 Å². The van der Waals surface area contributed by atoms with Crippen molar-refractivity contribution in [1.82, 2.24) is 4.72 Å². The van der Waals surface area contributed by atoms with Crippen LogP contribution in [0, 0.1) is 0 Å². The van der Waals surface area contributed by atoms with Crippen molar-refractivity contribution in [3.05, 3.63) is 23.8 Å². The van der Waals surface area contributed by atoms with Crippen molar-refractivity contribution in [2.24, 2.45) is 5.73 Å². The molecule has 1 unspecified atom stereocenters. The Morgan fingerprint density at radius 2 is 2.04 bits per heavy atom. The number of hydrogen-bond donors (Lipinski definition) is 2. The Morgan fingerprint density at radius 3 is 2.62 bits per heavy atom. The summed E-state index contributed by atoms with van der Waals surface area (Å²) in [6.45, 7) is 3.81. The van der Waals surface area contributed by atoms with E-state index in [0.29, 0.717) is 13.0 Å². The Bertz CT molecular complexity index is 754. The zero-order valence-corrected chi connectivity index (χ0v) is 15.0. The maximum absolute atomic E-state index is 12.8. The maximum atomic E-state index is 12.8. The first-order valence-electron chi connectivity index (χ1n) is 8.45. The van der Waals surface area contributed by atoms with Crippen molar-refractivity contribution in [3.63, 3.8) is 0 Å². The Kier molecular flexibility index (Phi) is 4.44. The van der Waals surface area contributed by atoms with Crippen molar-refractivity contribution < 1.29 is 13.2 Å². The highest BCUT2D eigenvalue weighted by atomic mass is 32.2. The average molecular weight is 351 g/mol. The van der Waals surface area contributed by atoms with Crippen LogP contribution in [-0.4, -0.2) is 32.5 Å². The van der Waals surface area contributed by atoms with Crippen molar-refractivity contribution in [1.29, 1.82) is 0 Å². The zero-order chi connectivity index (χ0) is 17.5. The first-order chi connectivity index (χ1) is 11.3. The minimum Gasteiger partial charge on any atom is -0.329 e. The quantitative estimate of drug-likeness (QED) is 0.860. The molecule has 1 saturated carbocycles. The topological polar surface area (TPSA) is 92.5 Å². The molecule has 1 aliphatic carbocycles. The second-order valence-electron chi connectivity index (χ2n) is 7.03. The minimum absolute atomic E-state index is 0.0250. The summed E-state index contributed by atoms with van der Waals surface area (Å²) in [4.78, 5) is 13.8. The molecule has 0 aromatic heterocycles. The third-order valence-corrected chi connectivity index (χ3v) is 6.79. The summed E-state index contributed by atoms with van der Waals surface area (Å²) in [5.74, 6) is -0.0250. The van der Waals surface area contributed by atoms with Crippen molar-refractivity contribution in [3.8, 4) is 0 Å². The molecule has 6 nitrogen and oxygen atoms in total. The molecule has 1 heterocycles. The van der Waals surface area contributed by atoms with Gasteiger partial charge in [-0.2, -0.15) is 0 Å². The zero-order valence-electron chi connectivity index (χ0n) is 14.2. The molecule has 1 amide bonds. The third kappa shape index (κ3) is 2.96. The van der Waals surface area contributed by atoms with Crippen molar-refractivity contribution >= 4 is 21.6 Å². The van der Waals surface area contributed by atoms with Gasteiger partial charge in [-0.05, 0) is 49.9 Å². The summed E-state index contributed by atoms with van der Waals surface area (Å²) in [6, 6.07) is 5.05. The number of benzene rings is 1. The van der Waals surface area contributed by atoms with Gasteiger partial charge in [0.05, 0.1) is 4.90 Å². The van der Waals surface area contributed by atoms with Gasteiger partial charge < -0.3 is 10.6 Å². The summed E-state index contributed by atoms with van der Waals surface area (Å²) in [5, 5.41) is 0. The molecule has 132 valence electrons. The van der Waals surface area contributed by atoms with Crippen LogP contribution in [0.2, 0.25) is 0 Å². The third-order valence-electron chi connectivity index (χ3n) is 5.22. The number of sulfonamides is 1.